The maximum absolute atomic E-state index is 10.5. The zero-order valence-electron chi connectivity index (χ0n) is 8.27. The molecule has 2 heterocycles. The van der Waals surface area contributed by atoms with Gasteiger partial charge in [0.05, 0.1) is 11.1 Å². The lowest BCUT2D eigenvalue weighted by Gasteiger charge is -2.32. The highest BCUT2D eigenvalue weighted by molar-refractivity contribution is 7.17. The van der Waals surface area contributed by atoms with Gasteiger partial charge >= 0.3 is 0 Å². The van der Waals surface area contributed by atoms with Crippen LogP contribution in [0, 0.1) is 0 Å². The number of anilines is 1. The van der Waals surface area contributed by atoms with E-state index in [1.54, 1.807) is 6.20 Å². The van der Waals surface area contributed by atoms with Crippen LogP contribution in [0.3, 0.4) is 0 Å². The summed E-state index contributed by atoms with van der Waals surface area (Å²) < 4.78 is 0. The molecule has 0 saturated carbocycles. The Morgan fingerprint density at radius 1 is 1.64 bits per heavy atom. The van der Waals surface area contributed by atoms with E-state index in [9.17, 15) is 4.79 Å². The third-order valence-electron chi connectivity index (χ3n) is 2.68. The first-order valence-electron chi connectivity index (χ1n) is 4.99. The van der Waals surface area contributed by atoms with Gasteiger partial charge in [-0.2, -0.15) is 0 Å². The zero-order valence-corrected chi connectivity index (χ0v) is 9.09. The Morgan fingerprint density at radius 2 is 2.50 bits per heavy atom. The van der Waals surface area contributed by atoms with E-state index >= 15 is 0 Å². The minimum Gasteiger partial charge on any atom is -0.345 e. The van der Waals surface area contributed by atoms with Crippen molar-refractivity contribution in [1.82, 2.24) is 4.98 Å². The highest BCUT2D eigenvalue weighted by Gasteiger charge is 2.20. The number of thiazole rings is 1. The fraction of sp³-hybridized carbons (Fsp3) is 0.600. The van der Waals surface area contributed by atoms with E-state index in [4.69, 9.17) is 0 Å². The van der Waals surface area contributed by atoms with Crippen molar-refractivity contribution in [2.45, 2.75) is 32.2 Å². The van der Waals surface area contributed by atoms with Crippen LogP contribution in [0.25, 0.3) is 0 Å². The average molecular weight is 210 g/mol. The summed E-state index contributed by atoms with van der Waals surface area (Å²) in [4.78, 5) is 17.8. The minimum absolute atomic E-state index is 0.564. The summed E-state index contributed by atoms with van der Waals surface area (Å²) in [6.07, 6.45) is 6.31. The first-order chi connectivity index (χ1) is 6.81. The maximum atomic E-state index is 10.5. The van der Waals surface area contributed by atoms with Gasteiger partial charge in [0.25, 0.3) is 0 Å². The lowest BCUT2D eigenvalue weighted by molar-refractivity contribution is 0.112. The van der Waals surface area contributed by atoms with Gasteiger partial charge in [-0.3, -0.25) is 4.79 Å². The van der Waals surface area contributed by atoms with Gasteiger partial charge in [0, 0.05) is 12.6 Å². The molecule has 0 N–H and O–H groups in total. The van der Waals surface area contributed by atoms with Crippen LogP contribution < -0.4 is 4.90 Å². The molecule has 0 spiro atoms. The molecule has 1 aliphatic rings. The second-order valence-electron chi connectivity index (χ2n) is 3.70. The van der Waals surface area contributed by atoms with Crippen LogP contribution in [0.5, 0.6) is 0 Å². The summed E-state index contributed by atoms with van der Waals surface area (Å²) in [7, 11) is 0. The van der Waals surface area contributed by atoms with Gasteiger partial charge in [0.2, 0.25) is 0 Å². The maximum Gasteiger partial charge on any atom is 0.186 e. The Kier molecular flexibility index (Phi) is 2.82. The van der Waals surface area contributed by atoms with E-state index in [-0.39, 0.29) is 0 Å². The van der Waals surface area contributed by atoms with E-state index in [2.05, 4.69) is 16.8 Å². The van der Waals surface area contributed by atoms with Gasteiger partial charge in [0.15, 0.2) is 11.4 Å². The highest BCUT2D eigenvalue weighted by Crippen LogP contribution is 2.27. The highest BCUT2D eigenvalue weighted by atomic mass is 32.1. The van der Waals surface area contributed by atoms with E-state index < -0.39 is 0 Å². The van der Waals surface area contributed by atoms with E-state index in [0.29, 0.717) is 6.04 Å². The molecule has 0 radical (unpaired) electrons. The van der Waals surface area contributed by atoms with Crippen LogP contribution in [0.2, 0.25) is 0 Å². The molecule has 1 saturated heterocycles. The summed E-state index contributed by atoms with van der Waals surface area (Å²) in [5, 5.41) is 0.999. The van der Waals surface area contributed by atoms with E-state index in [1.807, 2.05) is 0 Å². The predicted octanol–water partition coefficient (Wildman–Crippen LogP) is 2.33. The molecule has 1 aromatic heterocycles. The van der Waals surface area contributed by atoms with Crippen LogP contribution in [-0.2, 0) is 0 Å². The summed E-state index contributed by atoms with van der Waals surface area (Å²) >= 11 is 1.49. The van der Waals surface area contributed by atoms with E-state index in [1.165, 1.54) is 30.6 Å². The molecule has 1 aromatic rings. The average Bonchev–Trinajstić information content (AvgIpc) is 2.67. The number of nitrogens with zero attached hydrogens (tertiary/aromatic N) is 2. The van der Waals surface area contributed by atoms with Crippen molar-refractivity contribution in [3.63, 3.8) is 0 Å². The molecule has 14 heavy (non-hydrogen) atoms. The number of carbonyl (C=O) groups is 1. The number of hydrogen-bond donors (Lipinski definition) is 0. The molecule has 1 fully saturated rings. The fourth-order valence-electron chi connectivity index (χ4n) is 1.85. The first-order valence-corrected chi connectivity index (χ1v) is 5.80. The van der Waals surface area contributed by atoms with Gasteiger partial charge in [-0.25, -0.2) is 4.98 Å². The SMILES string of the molecule is CC1CCCCN1c1ncc(C=O)s1. The van der Waals surface area contributed by atoms with Crippen LogP contribution in [-0.4, -0.2) is 23.9 Å². The van der Waals surface area contributed by atoms with Gasteiger partial charge in [-0.15, -0.1) is 0 Å². The third kappa shape index (κ3) is 1.80. The molecule has 0 bridgehead atoms. The van der Waals surface area contributed by atoms with Crippen molar-refractivity contribution in [3.05, 3.63) is 11.1 Å². The van der Waals surface area contributed by atoms with Crippen molar-refractivity contribution in [1.29, 1.82) is 0 Å². The lowest BCUT2D eigenvalue weighted by atomic mass is 10.1. The Balaban J connectivity index is 2.16. The monoisotopic (exact) mass is 210 g/mol. The van der Waals surface area contributed by atoms with Crippen LogP contribution in [0.15, 0.2) is 6.20 Å². The van der Waals surface area contributed by atoms with Gasteiger partial charge in [-0.1, -0.05) is 11.3 Å². The van der Waals surface area contributed by atoms with E-state index in [0.717, 1.165) is 22.8 Å². The molecule has 1 unspecified atom stereocenters. The number of aromatic nitrogens is 1. The number of piperidine rings is 1. The summed E-state index contributed by atoms with van der Waals surface area (Å²) in [6, 6.07) is 0.564. The quantitative estimate of drug-likeness (QED) is 0.702. The lowest BCUT2D eigenvalue weighted by Crippen LogP contribution is -2.37. The summed E-state index contributed by atoms with van der Waals surface area (Å²) in [5.74, 6) is 0. The summed E-state index contributed by atoms with van der Waals surface area (Å²) in [5.41, 5.74) is 0. The molecule has 0 amide bonds. The second kappa shape index (κ2) is 4.09. The molecule has 0 aliphatic carbocycles. The van der Waals surface area contributed by atoms with Crippen molar-refractivity contribution >= 4 is 22.8 Å². The minimum atomic E-state index is 0.564. The Labute approximate surface area is 87.8 Å². The van der Waals surface area contributed by atoms with Gasteiger partial charge < -0.3 is 4.90 Å². The molecule has 76 valence electrons. The normalized spacial score (nSPS) is 22.4. The van der Waals surface area contributed by atoms with Crippen molar-refractivity contribution in [2.24, 2.45) is 0 Å². The van der Waals surface area contributed by atoms with Crippen molar-refractivity contribution in [3.8, 4) is 0 Å². The number of carbonyl (C=O) groups excluding carboxylic acids is 1. The molecule has 2 rings (SSSR count). The van der Waals surface area contributed by atoms with Gasteiger partial charge in [0.1, 0.15) is 0 Å². The Morgan fingerprint density at radius 3 is 3.14 bits per heavy atom. The molecule has 3 nitrogen and oxygen atoms in total. The molecule has 0 aromatic carbocycles. The van der Waals surface area contributed by atoms with Crippen LogP contribution >= 0.6 is 11.3 Å². The van der Waals surface area contributed by atoms with Crippen LogP contribution in [0.1, 0.15) is 35.9 Å². The zero-order chi connectivity index (χ0) is 9.97. The standard InChI is InChI=1S/C10H14N2OS/c1-8-4-2-3-5-12(8)10-11-6-9(7-13)14-10/h6-8H,2-5H2,1H3. The van der Waals surface area contributed by atoms with Crippen LogP contribution in [0.4, 0.5) is 5.13 Å². The second-order valence-corrected chi connectivity index (χ2v) is 4.74. The van der Waals surface area contributed by atoms with Crippen molar-refractivity contribution in [2.75, 3.05) is 11.4 Å². The van der Waals surface area contributed by atoms with Crippen molar-refractivity contribution < 1.29 is 4.79 Å². The van der Waals surface area contributed by atoms with Gasteiger partial charge in [-0.05, 0) is 26.2 Å². The number of aldehydes is 1. The smallest absolute Gasteiger partial charge is 0.186 e. The largest absolute Gasteiger partial charge is 0.345 e. The topological polar surface area (TPSA) is 33.2 Å². The number of rotatable bonds is 2. The Bertz CT molecular complexity index is 324. The predicted molar refractivity (Wildman–Crippen MR) is 58.2 cm³/mol. The third-order valence-corrected chi connectivity index (χ3v) is 3.64. The molecule has 1 atom stereocenters. The first kappa shape index (κ1) is 9.65. The summed E-state index contributed by atoms with van der Waals surface area (Å²) in [6.45, 7) is 3.30. The fourth-order valence-corrected chi connectivity index (χ4v) is 2.70. The molecular weight excluding hydrogens is 196 g/mol. The molecular formula is C10H14N2OS. The Hall–Kier alpha value is -0.900. The molecule has 1 aliphatic heterocycles. The molecule has 4 heteroatoms. The number of hydrogen-bond acceptors (Lipinski definition) is 4.